The third-order valence-electron chi connectivity index (χ3n) is 4.46. The first kappa shape index (κ1) is 20.3. The molecule has 1 aliphatic rings. The lowest BCUT2D eigenvalue weighted by atomic mass is 9.95. The summed E-state index contributed by atoms with van der Waals surface area (Å²) < 4.78 is 4.91. The summed E-state index contributed by atoms with van der Waals surface area (Å²) in [6, 6.07) is 6.28. The number of nitrogens with zero attached hydrogens (tertiary/aromatic N) is 1. The molecule has 0 spiro atoms. The maximum Gasteiger partial charge on any atom is 0.341 e. The molecule has 1 heterocycles. The van der Waals surface area contributed by atoms with Crippen molar-refractivity contribution in [1.82, 2.24) is 0 Å². The maximum absolute atomic E-state index is 12.4. The topological polar surface area (TPSA) is 98.5 Å². The van der Waals surface area contributed by atoms with E-state index in [1.165, 1.54) is 42.3 Å². The third-order valence-corrected chi connectivity index (χ3v) is 6.67. The van der Waals surface area contributed by atoms with Crippen molar-refractivity contribution in [2.45, 2.75) is 31.4 Å². The van der Waals surface area contributed by atoms with Crippen LogP contribution >= 0.6 is 23.1 Å². The summed E-state index contributed by atoms with van der Waals surface area (Å²) in [6.07, 6.45) is 3.88. The minimum atomic E-state index is -0.441. The average Bonchev–Trinajstić information content (AvgIpc) is 3.05. The molecule has 0 saturated heterocycles. The van der Waals surface area contributed by atoms with Gasteiger partial charge in [-0.25, -0.2) is 4.79 Å². The predicted molar refractivity (Wildman–Crippen MR) is 110 cm³/mol. The number of esters is 1. The Kier molecular flexibility index (Phi) is 6.69. The number of benzene rings is 1. The second kappa shape index (κ2) is 9.20. The van der Waals surface area contributed by atoms with Crippen LogP contribution in [0, 0.1) is 10.1 Å². The molecule has 0 bridgehead atoms. The van der Waals surface area contributed by atoms with Crippen LogP contribution in [0.3, 0.4) is 0 Å². The number of thioether (sulfide) groups is 1. The number of fused-ring (bicyclic) bond motifs is 1. The third kappa shape index (κ3) is 4.71. The molecule has 1 amide bonds. The molecule has 1 aromatic carbocycles. The summed E-state index contributed by atoms with van der Waals surface area (Å²) in [7, 11) is 1.35. The molecule has 3 rings (SSSR count). The number of nitrogens with one attached hydrogen (secondary N) is 1. The highest BCUT2D eigenvalue weighted by molar-refractivity contribution is 7.99. The first-order valence-electron chi connectivity index (χ1n) is 8.83. The van der Waals surface area contributed by atoms with Crippen LogP contribution in [-0.4, -0.2) is 29.7 Å². The SMILES string of the molecule is COC(=O)c1c(NC(=O)CSCc2ccc([N+](=O)[O-])cc2)sc2c1CCCC2. The standard InChI is InChI=1S/C19H20N2O5S2/c1-26-19(23)17-14-4-2-3-5-15(14)28-18(17)20-16(22)11-27-10-12-6-8-13(9-7-12)21(24)25/h6-9H,2-5,10-11H2,1H3,(H,20,22). The Morgan fingerprint density at radius 1 is 1.25 bits per heavy atom. The molecule has 0 radical (unpaired) electrons. The largest absolute Gasteiger partial charge is 0.465 e. The summed E-state index contributed by atoms with van der Waals surface area (Å²) in [6.45, 7) is 0. The second-order valence-electron chi connectivity index (χ2n) is 6.37. The highest BCUT2D eigenvalue weighted by Gasteiger charge is 2.26. The molecule has 28 heavy (non-hydrogen) atoms. The van der Waals surface area contributed by atoms with Gasteiger partial charge in [0.25, 0.3) is 5.69 Å². The zero-order chi connectivity index (χ0) is 20.1. The molecule has 0 fully saturated rings. The van der Waals surface area contributed by atoms with E-state index in [4.69, 9.17) is 4.74 Å². The predicted octanol–water partition coefficient (Wildman–Crippen LogP) is 4.19. The van der Waals surface area contributed by atoms with E-state index in [0.717, 1.165) is 41.7 Å². The number of nitro groups is 1. The van der Waals surface area contributed by atoms with Crippen molar-refractivity contribution in [1.29, 1.82) is 0 Å². The van der Waals surface area contributed by atoms with Gasteiger partial charge in [0, 0.05) is 22.8 Å². The van der Waals surface area contributed by atoms with E-state index in [1.807, 2.05) is 0 Å². The summed E-state index contributed by atoms with van der Waals surface area (Å²) in [5, 5.41) is 14.1. The number of thiophene rings is 1. The van der Waals surface area contributed by atoms with E-state index in [-0.39, 0.29) is 17.3 Å². The Balaban J connectivity index is 1.59. The maximum atomic E-state index is 12.4. The van der Waals surface area contributed by atoms with Crippen LogP contribution in [0.5, 0.6) is 0 Å². The van der Waals surface area contributed by atoms with Crippen molar-refractivity contribution in [3.05, 3.63) is 55.9 Å². The normalized spacial score (nSPS) is 12.9. The number of amides is 1. The second-order valence-corrected chi connectivity index (χ2v) is 8.46. The molecular weight excluding hydrogens is 400 g/mol. The number of hydrogen-bond acceptors (Lipinski definition) is 7. The number of non-ortho nitro benzene ring substituents is 1. The molecule has 0 atom stereocenters. The summed E-state index contributed by atoms with van der Waals surface area (Å²) >= 11 is 2.87. The molecule has 0 saturated carbocycles. The number of carbonyl (C=O) groups excluding carboxylic acids is 2. The van der Waals surface area contributed by atoms with Gasteiger partial charge >= 0.3 is 5.97 Å². The van der Waals surface area contributed by atoms with E-state index < -0.39 is 10.9 Å². The van der Waals surface area contributed by atoms with Gasteiger partial charge in [0.1, 0.15) is 5.00 Å². The van der Waals surface area contributed by atoms with Crippen molar-refractivity contribution in [2.24, 2.45) is 0 Å². The van der Waals surface area contributed by atoms with Crippen molar-refractivity contribution in [2.75, 3.05) is 18.2 Å². The van der Waals surface area contributed by atoms with Crippen LogP contribution in [0.4, 0.5) is 10.7 Å². The smallest absolute Gasteiger partial charge is 0.341 e. The van der Waals surface area contributed by atoms with Crippen LogP contribution in [-0.2, 0) is 28.1 Å². The van der Waals surface area contributed by atoms with Gasteiger partial charge < -0.3 is 10.1 Å². The van der Waals surface area contributed by atoms with Gasteiger partial charge in [0.15, 0.2) is 0 Å². The molecule has 7 nitrogen and oxygen atoms in total. The Bertz CT molecular complexity index is 892. The fraction of sp³-hybridized carbons (Fsp3) is 0.368. The lowest BCUT2D eigenvalue weighted by Gasteiger charge is -2.11. The lowest BCUT2D eigenvalue weighted by Crippen LogP contribution is -2.16. The number of anilines is 1. The molecule has 1 aliphatic carbocycles. The van der Waals surface area contributed by atoms with Gasteiger partial charge in [-0.05, 0) is 36.8 Å². The van der Waals surface area contributed by atoms with Crippen molar-refractivity contribution < 1.29 is 19.2 Å². The minimum Gasteiger partial charge on any atom is -0.465 e. The van der Waals surface area contributed by atoms with Crippen LogP contribution in [0.25, 0.3) is 0 Å². The molecule has 1 N–H and O–H groups in total. The molecular formula is C19H20N2O5S2. The molecule has 0 aliphatic heterocycles. The van der Waals surface area contributed by atoms with Crippen LogP contribution in [0.2, 0.25) is 0 Å². The van der Waals surface area contributed by atoms with Gasteiger partial charge in [-0.3, -0.25) is 14.9 Å². The van der Waals surface area contributed by atoms with Crippen molar-refractivity contribution in [3.63, 3.8) is 0 Å². The first-order chi connectivity index (χ1) is 13.5. The first-order valence-corrected chi connectivity index (χ1v) is 10.8. The van der Waals surface area contributed by atoms with Crippen molar-refractivity contribution >= 4 is 45.7 Å². The van der Waals surface area contributed by atoms with Gasteiger partial charge in [-0.15, -0.1) is 23.1 Å². The zero-order valence-electron chi connectivity index (χ0n) is 15.4. The summed E-state index contributed by atoms with van der Waals surface area (Å²) in [5.74, 6) is 0.194. The number of aryl methyl sites for hydroxylation is 1. The van der Waals surface area contributed by atoms with Crippen LogP contribution in [0.15, 0.2) is 24.3 Å². The fourth-order valence-electron chi connectivity index (χ4n) is 3.11. The number of nitro benzene ring substituents is 1. The number of carbonyl (C=O) groups is 2. The Morgan fingerprint density at radius 3 is 2.64 bits per heavy atom. The quantitative estimate of drug-likeness (QED) is 0.410. The van der Waals surface area contributed by atoms with Gasteiger partial charge in [0.05, 0.1) is 23.3 Å². The van der Waals surface area contributed by atoms with Gasteiger partial charge in [-0.2, -0.15) is 0 Å². The Labute approximate surface area is 170 Å². The Morgan fingerprint density at radius 2 is 1.96 bits per heavy atom. The van der Waals surface area contributed by atoms with Crippen LogP contribution in [0.1, 0.15) is 39.2 Å². The fourth-order valence-corrected chi connectivity index (χ4v) is 5.19. The van der Waals surface area contributed by atoms with E-state index in [0.29, 0.717) is 16.3 Å². The average molecular weight is 421 g/mol. The van der Waals surface area contributed by atoms with E-state index in [1.54, 1.807) is 12.1 Å². The lowest BCUT2D eigenvalue weighted by molar-refractivity contribution is -0.384. The van der Waals surface area contributed by atoms with E-state index in [9.17, 15) is 19.7 Å². The van der Waals surface area contributed by atoms with E-state index >= 15 is 0 Å². The number of rotatable bonds is 7. The zero-order valence-corrected chi connectivity index (χ0v) is 17.0. The number of methoxy groups -OCH3 is 1. The monoisotopic (exact) mass is 420 g/mol. The van der Waals surface area contributed by atoms with Gasteiger partial charge in [-0.1, -0.05) is 12.1 Å². The minimum absolute atomic E-state index is 0.0449. The molecule has 148 valence electrons. The molecule has 2 aromatic rings. The van der Waals surface area contributed by atoms with Crippen molar-refractivity contribution in [3.8, 4) is 0 Å². The molecule has 9 heteroatoms. The summed E-state index contributed by atoms with van der Waals surface area (Å²) in [4.78, 5) is 35.9. The van der Waals surface area contributed by atoms with Gasteiger partial charge in [0.2, 0.25) is 5.91 Å². The van der Waals surface area contributed by atoms with E-state index in [2.05, 4.69) is 5.32 Å². The summed E-state index contributed by atoms with van der Waals surface area (Å²) in [5.41, 5.74) is 2.46. The number of ether oxygens (including phenoxy) is 1. The Hall–Kier alpha value is -2.39. The highest BCUT2D eigenvalue weighted by atomic mass is 32.2. The number of hydrogen-bond donors (Lipinski definition) is 1. The van der Waals surface area contributed by atoms with Crippen LogP contribution < -0.4 is 5.32 Å². The molecule has 1 aromatic heterocycles. The highest BCUT2D eigenvalue weighted by Crippen LogP contribution is 2.38. The molecule has 0 unspecified atom stereocenters.